The molecule has 4 nitrogen and oxygen atoms in total. The highest BCUT2D eigenvalue weighted by Gasteiger charge is 2.35. The van der Waals surface area contributed by atoms with Gasteiger partial charge in [-0.3, -0.25) is 4.90 Å². The molecule has 0 amide bonds. The van der Waals surface area contributed by atoms with Gasteiger partial charge < -0.3 is 15.2 Å². The Kier molecular flexibility index (Phi) is 2.32. The molecule has 0 aromatic rings. The number of nitrogens with one attached hydrogen (secondary N) is 1. The molecule has 1 unspecified atom stereocenters. The minimum atomic E-state index is -0.411. The van der Waals surface area contributed by atoms with Gasteiger partial charge in [0.2, 0.25) is 0 Å². The van der Waals surface area contributed by atoms with Crippen LogP contribution in [0.25, 0.3) is 0 Å². The fourth-order valence-corrected chi connectivity index (χ4v) is 1.90. The van der Waals surface area contributed by atoms with Crippen LogP contribution in [-0.4, -0.2) is 54.6 Å². The van der Waals surface area contributed by atoms with Crippen molar-refractivity contribution >= 4 is 0 Å². The van der Waals surface area contributed by atoms with Gasteiger partial charge in [-0.05, 0) is 6.92 Å². The molecule has 0 aromatic carbocycles. The molecule has 2 aliphatic rings. The minimum absolute atomic E-state index is 0.0423. The van der Waals surface area contributed by atoms with Crippen molar-refractivity contribution < 1.29 is 9.84 Å². The predicted octanol–water partition coefficient (Wildman–Crippen LogP) is -1.00. The molecule has 2 fully saturated rings. The van der Waals surface area contributed by atoms with Gasteiger partial charge in [0.15, 0.2) is 0 Å². The molecular weight excluding hydrogens is 156 g/mol. The Morgan fingerprint density at radius 3 is 3.25 bits per heavy atom. The van der Waals surface area contributed by atoms with E-state index in [0.29, 0.717) is 6.04 Å². The van der Waals surface area contributed by atoms with E-state index in [1.165, 1.54) is 0 Å². The lowest BCUT2D eigenvalue weighted by atomic mass is 10.1. The first-order chi connectivity index (χ1) is 5.79. The van der Waals surface area contributed by atoms with Gasteiger partial charge in [-0.1, -0.05) is 0 Å². The van der Waals surface area contributed by atoms with E-state index in [9.17, 15) is 5.11 Å². The lowest BCUT2D eigenvalue weighted by molar-refractivity contribution is -0.179. The maximum Gasteiger partial charge on any atom is 0.133 e. The molecule has 2 N–H and O–H groups in total. The number of aliphatic hydroxyl groups excluding tert-OH is 1. The Labute approximate surface area is 72.5 Å². The van der Waals surface area contributed by atoms with E-state index in [4.69, 9.17) is 4.74 Å². The zero-order valence-electron chi connectivity index (χ0n) is 7.36. The van der Waals surface area contributed by atoms with E-state index in [1.54, 1.807) is 0 Å². The molecule has 2 aliphatic heterocycles. The van der Waals surface area contributed by atoms with Gasteiger partial charge in [0.25, 0.3) is 0 Å². The summed E-state index contributed by atoms with van der Waals surface area (Å²) in [4.78, 5) is 2.13. The number of aliphatic hydroxyl groups is 1. The van der Waals surface area contributed by atoms with Crippen LogP contribution >= 0.6 is 0 Å². The summed E-state index contributed by atoms with van der Waals surface area (Å²) in [5.74, 6) is 0. The summed E-state index contributed by atoms with van der Waals surface area (Å²) in [5.41, 5.74) is 0. The molecule has 2 heterocycles. The lowest BCUT2D eigenvalue weighted by Gasteiger charge is -2.45. The van der Waals surface area contributed by atoms with E-state index >= 15 is 0 Å². The largest absolute Gasteiger partial charge is 0.376 e. The van der Waals surface area contributed by atoms with E-state index in [0.717, 1.165) is 26.2 Å². The minimum Gasteiger partial charge on any atom is -0.376 e. The Morgan fingerprint density at radius 2 is 2.42 bits per heavy atom. The van der Waals surface area contributed by atoms with Crippen LogP contribution in [0.4, 0.5) is 0 Å². The van der Waals surface area contributed by atoms with E-state index < -0.39 is 6.23 Å². The van der Waals surface area contributed by atoms with E-state index in [1.807, 2.05) is 6.92 Å². The second kappa shape index (κ2) is 3.30. The molecular formula is C8H16N2O2. The summed E-state index contributed by atoms with van der Waals surface area (Å²) < 4.78 is 5.43. The molecule has 0 spiro atoms. The van der Waals surface area contributed by atoms with E-state index in [2.05, 4.69) is 10.2 Å². The third-order valence-corrected chi connectivity index (χ3v) is 2.71. The van der Waals surface area contributed by atoms with Crippen molar-refractivity contribution in [1.82, 2.24) is 10.2 Å². The Balaban J connectivity index is 2.03. The quantitative estimate of drug-likeness (QED) is 0.492. The third-order valence-electron chi connectivity index (χ3n) is 2.71. The molecule has 12 heavy (non-hydrogen) atoms. The molecule has 0 saturated carbocycles. The van der Waals surface area contributed by atoms with Crippen molar-refractivity contribution in [3.05, 3.63) is 0 Å². The Morgan fingerprint density at radius 1 is 1.58 bits per heavy atom. The first-order valence-corrected chi connectivity index (χ1v) is 4.55. The number of ether oxygens (including phenoxy) is 1. The van der Waals surface area contributed by atoms with Gasteiger partial charge in [0, 0.05) is 25.7 Å². The number of rotatable bonds is 0. The average Bonchev–Trinajstić information content (AvgIpc) is 2.12. The monoisotopic (exact) mass is 172 g/mol. The molecule has 2 rings (SSSR count). The Bertz CT molecular complexity index is 163. The molecule has 70 valence electrons. The maximum absolute atomic E-state index is 9.75. The van der Waals surface area contributed by atoms with Gasteiger partial charge in [0.1, 0.15) is 6.23 Å². The smallest absolute Gasteiger partial charge is 0.133 e. The van der Waals surface area contributed by atoms with Crippen LogP contribution in [0.5, 0.6) is 0 Å². The fourth-order valence-electron chi connectivity index (χ4n) is 1.90. The fraction of sp³-hybridized carbons (Fsp3) is 1.00. The lowest BCUT2D eigenvalue weighted by Crippen LogP contribution is -2.63. The summed E-state index contributed by atoms with van der Waals surface area (Å²) in [5, 5.41) is 13.0. The summed E-state index contributed by atoms with van der Waals surface area (Å²) in [6.45, 7) is 5.50. The SMILES string of the molecule is C[C@@H]1OC[C@@H]2CNCCN2C1O. The zero-order valence-corrected chi connectivity index (χ0v) is 7.36. The molecule has 0 bridgehead atoms. The highest BCUT2D eigenvalue weighted by atomic mass is 16.5. The van der Waals surface area contributed by atoms with Gasteiger partial charge in [-0.2, -0.15) is 0 Å². The van der Waals surface area contributed by atoms with Crippen LogP contribution in [-0.2, 0) is 4.74 Å². The number of piperazine rings is 1. The molecule has 0 radical (unpaired) electrons. The third kappa shape index (κ3) is 1.35. The average molecular weight is 172 g/mol. The van der Waals surface area contributed by atoms with Crippen molar-refractivity contribution in [3.63, 3.8) is 0 Å². The predicted molar refractivity (Wildman–Crippen MR) is 44.8 cm³/mol. The topological polar surface area (TPSA) is 44.7 Å². The number of morpholine rings is 1. The first kappa shape index (κ1) is 8.44. The van der Waals surface area contributed by atoms with Crippen molar-refractivity contribution in [2.75, 3.05) is 26.2 Å². The molecule has 4 heteroatoms. The van der Waals surface area contributed by atoms with Gasteiger partial charge >= 0.3 is 0 Å². The van der Waals surface area contributed by atoms with Crippen LogP contribution in [0.15, 0.2) is 0 Å². The van der Waals surface area contributed by atoms with Crippen LogP contribution < -0.4 is 5.32 Å². The number of fused-ring (bicyclic) bond motifs is 1. The molecule has 0 aliphatic carbocycles. The van der Waals surface area contributed by atoms with Crippen molar-refractivity contribution in [2.24, 2.45) is 0 Å². The first-order valence-electron chi connectivity index (χ1n) is 4.55. The highest BCUT2D eigenvalue weighted by molar-refractivity contribution is 4.86. The zero-order chi connectivity index (χ0) is 8.55. The number of nitrogens with zero attached hydrogens (tertiary/aromatic N) is 1. The summed E-state index contributed by atoms with van der Waals surface area (Å²) in [7, 11) is 0. The summed E-state index contributed by atoms with van der Waals surface area (Å²) >= 11 is 0. The number of hydrogen-bond acceptors (Lipinski definition) is 4. The normalized spacial score (nSPS) is 44.0. The highest BCUT2D eigenvalue weighted by Crippen LogP contribution is 2.17. The van der Waals surface area contributed by atoms with Gasteiger partial charge in [-0.15, -0.1) is 0 Å². The van der Waals surface area contributed by atoms with Crippen LogP contribution in [0.3, 0.4) is 0 Å². The van der Waals surface area contributed by atoms with Gasteiger partial charge in [0.05, 0.1) is 12.7 Å². The molecule has 0 aromatic heterocycles. The Hall–Kier alpha value is -0.160. The number of hydrogen-bond donors (Lipinski definition) is 2. The van der Waals surface area contributed by atoms with Crippen LogP contribution in [0.2, 0.25) is 0 Å². The van der Waals surface area contributed by atoms with E-state index in [-0.39, 0.29) is 6.10 Å². The van der Waals surface area contributed by atoms with Gasteiger partial charge in [-0.25, -0.2) is 0 Å². The second-order valence-corrected chi connectivity index (χ2v) is 3.55. The maximum atomic E-state index is 9.75. The molecule has 3 atom stereocenters. The summed E-state index contributed by atoms with van der Waals surface area (Å²) in [6, 6.07) is 0.366. The second-order valence-electron chi connectivity index (χ2n) is 3.55. The van der Waals surface area contributed by atoms with Crippen molar-refractivity contribution in [1.29, 1.82) is 0 Å². The molecule has 2 saturated heterocycles. The van der Waals surface area contributed by atoms with Crippen molar-refractivity contribution in [2.45, 2.75) is 25.3 Å². The van der Waals surface area contributed by atoms with Crippen molar-refractivity contribution in [3.8, 4) is 0 Å². The van der Waals surface area contributed by atoms with Crippen LogP contribution in [0.1, 0.15) is 6.92 Å². The standard InChI is InChI=1S/C8H16N2O2/c1-6-8(11)10-3-2-9-4-7(10)5-12-6/h6-9,11H,2-5H2,1H3/t6-,7-,8?/m0/s1. The van der Waals surface area contributed by atoms with Crippen LogP contribution in [0, 0.1) is 0 Å². The summed E-state index contributed by atoms with van der Waals surface area (Å²) in [6.07, 6.45) is -0.454.